The van der Waals surface area contributed by atoms with Crippen LogP contribution in [0.15, 0.2) is 48.6 Å². The number of benzene rings is 1. The number of nitrogens with one attached hydrogen (secondary N) is 1. The van der Waals surface area contributed by atoms with Gasteiger partial charge in [-0.3, -0.25) is 0 Å². The smallest absolute Gasteiger partial charge is 0.119 e. The lowest BCUT2D eigenvalue weighted by atomic mass is 10.1. The molecule has 0 aromatic heterocycles. The molecular weight excluding hydrogens is 186 g/mol. The van der Waals surface area contributed by atoms with Crippen LogP contribution in [0.2, 0.25) is 0 Å². The van der Waals surface area contributed by atoms with Gasteiger partial charge >= 0.3 is 0 Å². The minimum absolute atomic E-state index is 0.724. The predicted octanol–water partition coefficient (Wildman–Crippen LogP) is 3.24. The molecule has 0 radical (unpaired) electrons. The Morgan fingerprint density at radius 3 is 2.33 bits per heavy atom. The number of hydrogen-bond acceptors (Lipinski definition) is 2. The van der Waals surface area contributed by atoms with Crippen molar-refractivity contribution in [3.8, 4) is 5.75 Å². The number of ether oxygens (including phenoxy) is 1. The SMILES string of the molecule is C=C(C)C(=C)CNc1ccc(OC)cc1. The molecule has 1 rings (SSSR count). The summed E-state index contributed by atoms with van der Waals surface area (Å²) in [5.74, 6) is 0.860. The molecule has 0 bridgehead atoms. The van der Waals surface area contributed by atoms with Gasteiger partial charge in [0.1, 0.15) is 5.75 Å². The maximum Gasteiger partial charge on any atom is 0.119 e. The Kier molecular flexibility index (Phi) is 3.98. The fraction of sp³-hybridized carbons (Fsp3) is 0.231. The summed E-state index contributed by atoms with van der Waals surface area (Å²) in [5, 5.41) is 3.26. The van der Waals surface area contributed by atoms with Crippen LogP contribution in [0.25, 0.3) is 0 Å². The van der Waals surface area contributed by atoms with E-state index in [1.165, 1.54) is 0 Å². The Hall–Kier alpha value is -1.70. The quantitative estimate of drug-likeness (QED) is 0.742. The molecule has 1 aromatic rings. The molecule has 0 spiro atoms. The standard InChI is InChI=1S/C13H17NO/c1-10(2)11(3)9-14-12-5-7-13(15-4)8-6-12/h5-8,14H,1,3,9H2,2,4H3. The van der Waals surface area contributed by atoms with Gasteiger partial charge < -0.3 is 10.1 Å². The van der Waals surface area contributed by atoms with Gasteiger partial charge in [-0.25, -0.2) is 0 Å². The Morgan fingerprint density at radius 2 is 1.87 bits per heavy atom. The van der Waals surface area contributed by atoms with E-state index in [1.807, 2.05) is 31.2 Å². The van der Waals surface area contributed by atoms with Crippen LogP contribution >= 0.6 is 0 Å². The van der Waals surface area contributed by atoms with E-state index in [-0.39, 0.29) is 0 Å². The van der Waals surface area contributed by atoms with E-state index in [0.29, 0.717) is 0 Å². The molecular formula is C13H17NO. The van der Waals surface area contributed by atoms with Gasteiger partial charge in [0, 0.05) is 12.2 Å². The molecule has 0 atom stereocenters. The molecule has 2 heteroatoms. The second-order valence-electron chi connectivity index (χ2n) is 3.47. The van der Waals surface area contributed by atoms with Crippen molar-refractivity contribution in [2.75, 3.05) is 19.0 Å². The Labute approximate surface area is 91.3 Å². The number of methoxy groups -OCH3 is 1. The predicted molar refractivity (Wildman–Crippen MR) is 65.4 cm³/mol. The third kappa shape index (κ3) is 3.50. The van der Waals surface area contributed by atoms with Gasteiger partial charge in [0.05, 0.1) is 7.11 Å². The van der Waals surface area contributed by atoms with Crippen molar-refractivity contribution in [3.05, 3.63) is 48.6 Å². The third-order valence-corrected chi connectivity index (χ3v) is 2.20. The van der Waals surface area contributed by atoms with Crippen LogP contribution in [0.4, 0.5) is 5.69 Å². The first-order chi connectivity index (χ1) is 7.13. The number of rotatable bonds is 5. The lowest BCUT2D eigenvalue weighted by Gasteiger charge is -2.09. The van der Waals surface area contributed by atoms with Gasteiger partial charge in [-0.1, -0.05) is 18.7 Å². The zero-order valence-electron chi connectivity index (χ0n) is 9.34. The summed E-state index contributed by atoms with van der Waals surface area (Å²) in [6.07, 6.45) is 0. The normalized spacial score (nSPS) is 9.47. The van der Waals surface area contributed by atoms with E-state index >= 15 is 0 Å². The fourth-order valence-corrected chi connectivity index (χ4v) is 1.07. The summed E-state index contributed by atoms with van der Waals surface area (Å²) in [6.45, 7) is 10.4. The van der Waals surface area contributed by atoms with Crippen molar-refractivity contribution < 1.29 is 4.74 Å². The summed E-state index contributed by atoms with van der Waals surface area (Å²) in [6, 6.07) is 7.80. The van der Waals surface area contributed by atoms with Gasteiger partial charge in [-0.15, -0.1) is 0 Å². The number of anilines is 1. The van der Waals surface area contributed by atoms with Crippen molar-refractivity contribution in [1.82, 2.24) is 0 Å². The highest BCUT2D eigenvalue weighted by molar-refractivity contribution is 5.48. The molecule has 15 heavy (non-hydrogen) atoms. The molecule has 0 saturated heterocycles. The van der Waals surface area contributed by atoms with Gasteiger partial charge in [0.15, 0.2) is 0 Å². The molecule has 80 valence electrons. The Balaban J connectivity index is 2.51. The van der Waals surface area contributed by atoms with E-state index in [1.54, 1.807) is 7.11 Å². The maximum absolute atomic E-state index is 5.07. The van der Waals surface area contributed by atoms with Crippen molar-refractivity contribution in [3.63, 3.8) is 0 Å². The largest absolute Gasteiger partial charge is 0.497 e. The summed E-state index contributed by atoms with van der Waals surface area (Å²) < 4.78 is 5.07. The molecule has 0 unspecified atom stereocenters. The molecule has 1 aromatic carbocycles. The fourth-order valence-electron chi connectivity index (χ4n) is 1.07. The number of hydrogen-bond donors (Lipinski definition) is 1. The molecule has 0 aliphatic carbocycles. The summed E-state index contributed by atoms with van der Waals surface area (Å²) in [4.78, 5) is 0. The van der Waals surface area contributed by atoms with E-state index in [2.05, 4.69) is 18.5 Å². The monoisotopic (exact) mass is 203 g/mol. The van der Waals surface area contributed by atoms with Crippen LogP contribution in [0.5, 0.6) is 5.75 Å². The van der Waals surface area contributed by atoms with Crippen LogP contribution in [-0.4, -0.2) is 13.7 Å². The highest BCUT2D eigenvalue weighted by atomic mass is 16.5. The molecule has 0 fully saturated rings. The maximum atomic E-state index is 5.07. The van der Waals surface area contributed by atoms with Crippen LogP contribution in [0.3, 0.4) is 0 Å². The van der Waals surface area contributed by atoms with Crippen molar-refractivity contribution >= 4 is 5.69 Å². The van der Waals surface area contributed by atoms with Crippen LogP contribution in [0, 0.1) is 0 Å². The summed E-state index contributed by atoms with van der Waals surface area (Å²) >= 11 is 0. The highest BCUT2D eigenvalue weighted by Gasteiger charge is 1.96. The highest BCUT2D eigenvalue weighted by Crippen LogP contribution is 2.15. The molecule has 0 aliphatic heterocycles. The van der Waals surface area contributed by atoms with Gasteiger partial charge in [-0.2, -0.15) is 0 Å². The Morgan fingerprint density at radius 1 is 1.27 bits per heavy atom. The molecule has 0 aliphatic rings. The second-order valence-corrected chi connectivity index (χ2v) is 3.47. The van der Waals surface area contributed by atoms with Crippen LogP contribution in [-0.2, 0) is 0 Å². The average Bonchev–Trinajstić information content (AvgIpc) is 2.26. The van der Waals surface area contributed by atoms with Crippen molar-refractivity contribution in [1.29, 1.82) is 0 Å². The molecule has 0 saturated carbocycles. The van der Waals surface area contributed by atoms with E-state index < -0.39 is 0 Å². The minimum Gasteiger partial charge on any atom is -0.497 e. The Bertz CT molecular complexity index is 351. The average molecular weight is 203 g/mol. The zero-order valence-corrected chi connectivity index (χ0v) is 9.34. The van der Waals surface area contributed by atoms with E-state index in [0.717, 1.165) is 29.1 Å². The lowest BCUT2D eigenvalue weighted by molar-refractivity contribution is 0.415. The first-order valence-electron chi connectivity index (χ1n) is 4.85. The minimum atomic E-state index is 0.724. The van der Waals surface area contributed by atoms with Crippen molar-refractivity contribution in [2.24, 2.45) is 0 Å². The van der Waals surface area contributed by atoms with Crippen LogP contribution < -0.4 is 10.1 Å². The molecule has 1 N–H and O–H groups in total. The third-order valence-electron chi connectivity index (χ3n) is 2.20. The zero-order chi connectivity index (χ0) is 11.3. The van der Waals surface area contributed by atoms with Gasteiger partial charge in [0.25, 0.3) is 0 Å². The van der Waals surface area contributed by atoms with Gasteiger partial charge in [0.2, 0.25) is 0 Å². The molecule has 0 heterocycles. The second kappa shape index (κ2) is 5.25. The van der Waals surface area contributed by atoms with E-state index in [9.17, 15) is 0 Å². The van der Waals surface area contributed by atoms with E-state index in [4.69, 9.17) is 4.74 Å². The summed E-state index contributed by atoms with van der Waals surface area (Å²) in [7, 11) is 1.66. The van der Waals surface area contributed by atoms with Crippen LogP contribution in [0.1, 0.15) is 6.92 Å². The summed E-state index contributed by atoms with van der Waals surface area (Å²) in [5.41, 5.74) is 3.08. The van der Waals surface area contributed by atoms with Crippen molar-refractivity contribution in [2.45, 2.75) is 6.92 Å². The first kappa shape index (κ1) is 11.4. The van der Waals surface area contributed by atoms with Gasteiger partial charge in [-0.05, 0) is 36.8 Å². The lowest BCUT2D eigenvalue weighted by Crippen LogP contribution is -2.04. The molecule has 0 amide bonds. The first-order valence-corrected chi connectivity index (χ1v) is 4.85. The molecule has 2 nitrogen and oxygen atoms in total. The topological polar surface area (TPSA) is 21.3 Å².